The molecule has 28 heavy (non-hydrogen) atoms. The first-order valence-corrected chi connectivity index (χ1v) is 8.48. The van der Waals surface area contributed by atoms with E-state index in [1.165, 1.54) is 12.4 Å². The van der Waals surface area contributed by atoms with Gasteiger partial charge in [-0.25, -0.2) is 9.78 Å². The van der Waals surface area contributed by atoms with Gasteiger partial charge in [-0.2, -0.15) is 0 Å². The molecular weight excluding hydrogens is 358 g/mol. The van der Waals surface area contributed by atoms with E-state index in [1.54, 1.807) is 55.5 Å². The van der Waals surface area contributed by atoms with Crippen LogP contribution in [-0.2, 0) is 4.74 Å². The molecule has 0 aliphatic heterocycles. The Morgan fingerprint density at radius 1 is 0.893 bits per heavy atom. The van der Waals surface area contributed by atoms with Crippen molar-refractivity contribution in [1.29, 1.82) is 0 Å². The second-order valence-corrected chi connectivity index (χ2v) is 5.94. The molecule has 1 heterocycles. The summed E-state index contributed by atoms with van der Waals surface area (Å²) in [5, 5.41) is 2.75. The normalized spacial score (nSPS) is 10.2. The third kappa shape index (κ3) is 4.85. The Morgan fingerprint density at radius 3 is 2.25 bits per heavy atom. The van der Waals surface area contributed by atoms with Crippen molar-refractivity contribution >= 4 is 23.3 Å². The lowest BCUT2D eigenvalue weighted by molar-refractivity contribution is 0.0468. The summed E-state index contributed by atoms with van der Waals surface area (Å²) >= 11 is 0. The van der Waals surface area contributed by atoms with E-state index in [9.17, 15) is 14.4 Å². The third-order valence-electron chi connectivity index (χ3n) is 3.83. The van der Waals surface area contributed by atoms with Crippen LogP contribution in [0.1, 0.15) is 36.9 Å². The third-order valence-corrected chi connectivity index (χ3v) is 3.83. The van der Waals surface area contributed by atoms with E-state index in [0.29, 0.717) is 22.5 Å². The first-order valence-electron chi connectivity index (χ1n) is 8.48. The number of ether oxygens (including phenoxy) is 1. The predicted molar refractivity (Wildman–Crippen MR) is 102 cm³/mol. The topological polar surface area (TPSA) is 98.2 Å². The minimum absolute atomic E-state index is 0.0392. The number of carbonyl (C=O) groups is 3. The van der Waals surface area contributed by atoms with Crippen LogP contribution in [0, 0.1) is 6.92 Å². The molecule has 0 saturated heterocycles. The summed E-state index contributed by atoms with van der Waals surface area (Å²) in [7, 11) is 0. The van der Waals surface area contributed by atoms with Crippen molar-refractivity contribution in [2.45, 2.75) is 6.92 Å². The molecular formula is C21H17N3O4. The number of nitrogens with zero attached hydrogens (tertiary/aromatic N) is 2. The van der Waals surface area contributed by atoms with E-state index in [1.807, 2.05) is 6.07 Å². The number of aromatic nitrogens is 2. The molecule has 1 aromatic heterocycles. The van der Waals surface area contributed by atoms with Gasteiger partial charge in [-0.15, -0.1) is 0 Å². The van der Waals surface area contributed by atoms with E-state index in [-0.39, 0.29) is 17.4 Å². The molecule has 3 rings (SSSR count). The molecule has 0 unspecified atom stereocenters. The lowest BCUT2D eigenvalue weighted by atomic mass is 10.1. The van der Waals surface area contributed by atoms with Crippen LogP contribution in [0.5, 0.6) is 0 Å². The summed E-state index contributed by atoms with van der Waals surface area (Å²) in [6.07, 6.45) is 2.74. The minimum atomic E-state index is -0.715. The molecule has 3 aromatic rings. The number of aryl methyl sites for hydroxylation is 1. The molecule has 0 aliphatic carbocycles. The Balaban J connectivity index is 1.55. The fourth-order valence-corrected chi connectivity index (χ4v) is 2.32. The molecule has 0 radical (unpaired) electrons. The number of nitrogens with one attached hydrogen (secondary N) is 1. The van der Waals surface area contributed by atoms with E-state index in [2.05, 4.69) is 15.3 Å². The van der Waals surface area contributed by atoms with Crippen molar-refractivity contribution < 1.29 is 19.1 Å². The van der Waals surface area contributed by atoms with Gasteiger partial charge in [-0.1, -0.05) is 18.2 Å². The second kappa shape index (κ2) is 8.68. The van der Waals surface area contributed by atoms with E-state index < -0.39 is 12.6 Å². The average molecular weight is 375 g/mol. The zero-order chi connectivity index (χ0) is 19.9. The summed E-state index contributed by atoms with van der Waals surface area (Å²) in [5.41, 5.74) is 2.16. The number of amides is 1. The summed E-state index contributed by atoms with van der Waals surface area (Å²) < 4.78 is 4.98. The van der Waals surface area contributed by atoms with Gasteiger partial charge in [0.15, 0.2) is 18.1 Å². The fourth-order valence-electron chi connectivity index (χ4n) is 2.32. The highest BCUT2D eigenvalue weighted by atomic mass is 16.5. The van der Waals surface area contributed by atoms with Gasteiger partial charge in [0.05, 0.1) is 11.9 Å². The number of hydrogen-bond acceptors (Lipinski definition) is 6. The number of hydrogen-bond donors (Lipinski definition) is 1. The van der Waals surface area contributed by atoms with Crippen LogP contribution in [0.15, 0.2) is 67.0 Å². The fraction of sp³-hybridized carbons (Fsp3) is 0.0952. The zero-order valence-electron chi connectivity index (χ0n) is 15.1. The van der Waals surface area contributed by atoms with Gasteiger partial charge in [0, 0.05) is 23.0 Å². The monoisotopic (exact) mass is 375 g/mol. The SMILES string of the molecule is Cc1cnc(C(=O)OCC(=O)c2ccc(NC(=O)c3ccccc3)cc2)cn1. The number of carbonyl (C=O) groups excluding carboxylic acids is 3. The largest absolute Gasteiger partial charge is 0.453 e. The number of rotatable bonds is 6. The van der Waals surface area contributed by atoms with Crippen molar-refractivity contribution in [2.75, 3.05) is 11.9 Å². The molecule has 0 fully saturated rings. The summed E-state index contributed by atoms with van der Waals surface area (Å²) in [6, 6.07) is 15.1. The molecule has 0 bridgehead atoms. The van der Waals surface area contributed by atoms with E-state index in [4.69, 9.17) is 4.74 Å². The number of anilines is 1. The zero-order valence-corrected chi connectivity index (χ0v) is 15.1. The Morgan fingerprint density at radius 2 is 1.61 bits per heavy atom. The van der Waals surface area contributed by atoms with Gasteiger partial charge < -0.3 is 10.1 Å². The lowest BCUT2D eigenvalue weighted by Gasteiger charge is -2.07. The highest BCUT2D eigenvalue weighted by molar-refractivity contribution is 6.04. The molecule has 140 valence electrons. The predicted octanol–water partition coefficient (Wildman–Crippen LogP) is 3.08. The number of Topliss-reactive ketones (excluding diaryl/α,β-unsaturated/α-hetero) is 1. The molecule has 1 N–H and O–H groups in total. The van der Waals surface area contributed by atoms with Gasteiger partial charge >= 0.3 is 5.97 Å². The summed E-state index contributed by atoms with van der Waals surface area (Å²) in [5.74, 6) is -1.32. The van der Waals surface area contributed by atoms with Crippen LogP contribution in [-0.4, -0.2) is 34.2 Å². The second-order valence-electron chi connectivity index (χ2n) is 5.94. The van der Waals surface area contributed by atoms with Gasteiger partial charge in [0.1, 0.15) is 0 Å². The van der Waals surface area contributed by atoms with E-state index in [0.717, 1.165) is 0 Å². The molecule has 0 aliphatic rings. The van der Waals surface area contributed by atoms with Crippen LogP contribution in [0.2, 0.25) is 0 Å². The van der Waals surface area contributed by atoms with E-state index >= 15 is 0 Å². The van der Waals surface area contributed by atoms with Crippen molar-refractivity contribution in [3.63, 3.8) is 0 Å². The molecule has 0 saturated carbocycles. The standard InChI is InChI=1S/C21H17N3O4/c1-14-11-23-18(12-22-14)21(27)28-13-19(25)15-7-9-17(10-8-15)24-20(26)16-5-3-2-4-6-16/h2-12H,13H2,1H3,(H,24,26). The lowest BCUT2D eigenvalue weighted by Crippen LogP contribution is -2.16. The number of ketones is 1. The van der Waals surface area contributed by atoms with Crippen LogP contribution < -0.4 is 5.32 Å². The van der Waals surface area contributed by atoms with Gasteiger partial charge in [0.25, 0.3) is 5.91 Å². The highest BCUT2D eigenvalue weighted by Gasteiger charge is 2.13. The Kier molecular flexibility index (Phi) is 5.86. The number of benzene rings is 2. The highest BCUT2D eigenvalue weighted by Crippen LogP contribution is 2.12. The summed E-state index contributed by atoms with van der Waals surface area (Å²) in [4.78, 5) is 44.0. The van der Waals surface area contributed by atoms with Crippen LogP contribution in [0.3, 0.4) is 0 Å². The Hall–Kier alpha value is -3.87. The first-order chi connectivity index (χ1) is 13.5. The van der Waals surface area contributed by atoms with Crippen molar-refractivity contribution in [3.8, 4) is 0 Å². The quantitative estimate of drug-likeness (QED) is 0.525. The first kappa shape index (κ1) is 18.9. The van der Waals surface area contributed by atoms with Crippen LogP contribution in [0.25, 0.3) is 0 Å². The molecule has 7 nitrogen and oxygen atoms in total. The maximum Gasteiger partial charge on any atom is 0.358 e. The molecule has 1 amide bonds. The van der Waals surface area contributed by atoms with Crippen molar-refractivity contribution in [3.05, 3.63) is 89.5 Å². The summed E-state index contributed by atoms with van der Waals surface area (Å²) in [6.45, 7) is 1.34. The minimum Gasteiger partial charge on any atom is -0.453 e. The Labute approximate surface area is 161 Å². The molecule has 7 heteroatoms. The maximum atomic E-state index is 12.2. The Bertz CT molecular complexity index is 984. The van der Waals surface area contributed by atoms with Crippen LogP contribution in [0.4, 0.5) is 5.69 Å². The average Bonchev–Trinajstić information content (AvgIpc) is 2.73. The molecule has 0 spiro atoms. The van der Waals surface area contributed by atoms with Gasteiger partial charge in [0.2, 0.25) is 0 Å². The van der Waals surface area contributed by atoms with Crippen molar-refractivity contribution in [1.82, 2.24) is 9.97 Å². The van der Waals surface area contributed by atoms with Gasteiger partial charge in [-0.3, -0.25) is 14.6 Å². The maximum absolute atomic E-state index is 12.2. The smallest absolute Gasteiger partial charge is 0.358 e. The number of esters is 1. The van der Waals surface area contributed by atoms with Gasteiger partial charge in [-0.05, 0) is 43.3 Å². The molecule has 2 aromatic carbocycles. The van der Waals surface area contributed by atoms with Crippen LogP contribution >= 0.6 is 0 Å². The molecule has 0 atom stereocenters. The van der Waals surface area contributed by atoms with Crippen molar-refractivity contribution in [2.24, 2.45) is 0 Å².